The summed E-state index contributed by atoms with van der Waals surface area (Å²) in [5.74, 6) is 0.774. The van der Waals surface area contributed by atoms with Gasteiger partial charge in [-0.25, -0.2) is 9.37 Å². The molecule has 1 saturated carbocycles. The standard InChI is InChI=1S/C25H30ClFN6O/c1-13-19-9-17(27)5-6-18(19)22(28)15(11-31-2)7-20(24(26)29)23(32-10-14-3-4-14)16-8-21(34-13)25(30)33-12-16/h5-6,8-9,11-14,24,28,31-32H,3-4,7,10,29H2,1-2H3,(H2,30,33)/b15-11-,23-20-,28-22?. The van der Waals surface area contributed by atoms with Gasteiger partial charge in [-0.1, -0.05) is 0 Å². The Balaban J connectivity index is 1.94. The van der Waals surface area contributed by atoms with E-state index in [1.807, 2.05) is 0 Å². The van der Waals surface area contributed by atoms with Gasteiger partial charge in [0, 0.05) is 54.8 Å². The van der Waals surface area contributed by atoms with Crippen LogP contribution in [0.2, 0.25) is 0 Å². The number of anilines is 1. The van der Waals surface area contributed by atoms with E-state index in [4.69, 9.17) is 33.2 Å². The van der Waals surface area contributed by atoms with E-state index in [0.717, 1.165) is 17.8 Å². The number of halogens is 2. The molecule has 1 fully saturated rings. The van der Waals surface area contributed by atoms with Crippen molar-refractivity contribution in [1.82, 2.24) is 15.6 Å². The second kappa shape index (κ2) is 10.0. The first-order valence-electron chi connectivity index (χ1n) is 11.3. The van der Waals surface area contributed by atoms with Crippen LogP contribution in [0.5, 0.6) is 5.75 Å². The van der Waals surface area contributed by atoms with Crippen molar-refractivity contribution in [2.75, 3.05) is 19.3 Å². The summed E-state index contributed by atoms with van der Waals surface area (Å²) in [6.45, 7) is 2.58. The summed E-state index contributed by atoms with van der Waals surface area (Å²) in [5, 5.41) is 15.5. The van der Waals surface area contributed by atoms with Gasteiger partial charge in [-0.3, -0.25) is 5.41 Å². The number of ether oxygens (including phenoxy) is 1. The van der Waals surface area contributed by atoms with E-state index in [2.05, 4.69) is 15.6 Å². The molecule has 1 aliphatic carbocycles. The number of aromatic nitrogens is 1. The number of allylic oxidation sites excluding steroid dienone is 1. The van der Waals surface area contributed by atoms with Crippen LogP contribution in [0.25, 0.3) is 5.70 Å². The van der Waals surface area contributed by atoms with Gasteiger partial charge in [0.2, 0.25) is 0 Å². The number of benzene rings is 1. The van der Waals surface area contributed by atoms with Crippen LogP contribution in [0.15, 0.2) is 47.8 Å². The highest BCUT2D eigenvalue weighted by atomic mass is 35.5. The summed E-state index contributed by atoms with van der Waals surface area (Å²) in [4.78, 5) is 4.35. The number of pyridine rings is 1. The van der Waals surface area contributed by atoms with Gasteiger partial charge in [0.25, 0.3) is 0 Å². The Kier molecular flexibility index (Phi) is 7.09. The van der Waals surface area contributed by atoms with Crippen molar-refractivity contribution in [3.05, 3.63) is 70.3 Å². The summed E-state index contributed by atoms with van der Waals surface area (Å²) >= 11 is 6.51. The molecular weight excluding hydrogens is 455 g/mol. The molecule has 2 aliphatic rings. The lowest BCUT2D eigenvalue weighted by Crippen LogP contribution is -2.26. The third-order valence-corrected chi connectivity index (χ3v) is 6.40. The number of hydrogen-bond donors (Lipinski definition) is 5. The maximum Gasteiger partial charge on any atom is 0.166 e. The summed E-state index contributed by atoms with van der Waals surface area (Å²) in [5.41, 5.74) is 15.7. The van der Waals surface area contributed by atoms with E-state index >= 15 is 0 Å². The van der Waals surface area contributed by atoms with E-state index < -0.39 is 17.4 Å². The van der Waals surface area contributed by atoms with Crippen LogP contribution in [0.4, 0.5) is 10.2 Å². The molecule has 1 aromatic carbocycles. The van der Waals surface area contributed by atoms with Gasteiger partial charge in [0.05, 0.1) is 5.71 Å². The average molecular weight is 485 g/mol. The van der Waals surface area contributed by atoms with E-state index in [0.29, 0.717) is 40.4 Å². The molecule has 0 radical (unpaired) electrons. The maximum atomic E-state index is 14.2. The van der Waals surface area contributed by atoms with Gasteiger partial charge < -0.3 is 26.8 Å². The Morgan fingerprint density at radius 1 is 1.35 bits per heavy atom. The fourth-order valence-electron chi connectivity index (χ4n) is 4.09. The molecule has 2 unspecified atom stereocenters. The number of alkyl halides is 1. The zero-order valence-corrected chi connectivity index (χ0v) is 20.0. The van der Waals surface area contributed by atoms with Crippen LogP contribution in [0, 0.1) is 17.1 Å². The Morgan fingerprint density at radius 2 is 2.12 bits per heavy atom. The third kappa shape index (κ3) is 5.18. The highest BCUT2D eigenvalue weighted by molar-refractivity contribution is 6.22. The molecule has 0 saturated heterocycles. The Morgan fingerprint density at radius 3 is 2.79 bits per heavy atom. The van der Waals surface area contributed by atoms with Gasteiger partial charge in [-0.15, -0.1) is 11.6 Å². The number of nitrogen functional groups attached to an aromatic ring is 1. The highest BCUT2D eigenvalue weighted by Crippen LogP contribution is 2.36. The molecule has 0 spiro atoms. The maximum absolute atomic E-state index is 14.2. The molecule has 1 aliphatic heterocycles. The molecule has 180 valence electrons. The topological polar surface area (TPSA) is 122 Å². The smallest absolute Gasteiger partial charge is 0.166 e. The molecule has 34 heavy (non-hydrogen) atoms. The molecule has 2 heterocycles. The first-order valence-corrected chi connectivity index (χ1v) is 11.8. The summed E-state index contributed by atoms with van der Waals surface area (Å²) in [6, 6.07) is 6.13. The monoisotopic (exact) mass is 484 g/mol. The van der Waals surface area contributed by atoms with E-state index in [1.54, 1.807) is 38.5 Å². The molecule has 2 atom stereocenters. The van der Waals surface area contributed by atoms with E-state index in [1.165, 1.54) is 25.0 Å². The molecule has 2 aromatic rings. The molecule has 9 heteroatoms. The lowest BCUT2D eigenvalue weighted by atomic mass is 9.90. The van der Waals surface area contributed by atoms with Crippen LogP contribution < -0.4 is 26.8 Å². The number of nitrogens with one attached hydrogen (secondary N) is 3. The minimum absolute atomic E-state index is 0.217. The zero-order chi connectivity index (χ0) is 24.4. The number of fused-ring (bicyclic) bond motifs is 3. The van der Waals surface area contributed by atoms with E-state index in [-0.39, 0.29) is 11.5 Å². The molecule has 7 N–H and O–H groups in total. The quantitative estimate of drug-likeness (QED) is 0.322. The van der Waals surface area contributed by atoms with Gasteiger partial charge in [0.15, 0.2) is 11.6 Å². The highest BCUT2D eigenvalue weighted by Gasteiger charge is 2.27. The average Bonchev–Trinajstić information content (AvgIpc) is 3.63. The molecule has 0 amide bonds. The Hall–Kier alpha value is -3.10. The normalized spacial score (nSPS) is 22.8. The number of nitrogens with zero attached hydrogens (tertiary/aromatic N) is 1. The molecule has 2 bridgehead atoms. The summed E-state index contributed by atoms with van der Waals surface area (Å²) < 4.78 is 20.4. The van der Waals surface area contributed by atoms with Crippen molar-refractivity contribution < 1.29 is 9.13 Å². The van der Waals surface area contributed by atoms with Crippen molar-refractivity contribution in [2.45, 2.75) is 37.8 Å². The second-order valence-electron chi connectivity index (χ2n) is 8.74. The van der Waals surface area contributed by atoms with Crippen molar-refractivity contribution in [3.63, 3.8) is 0 Å². The van der Waals surface area contributed by atoms with Crippen molar-refractivity contribution in [2.24, 2.45) is 11.7 Å². The number of rotatable bonds is 5. The van der Waals surface area contributed by atoms with Crippen LogP contribution in [-0.4, -0.2) is 29.8 Å². The van der Waals surface area contributed by atoms with Gasteiger partial charge in [-0.2, -0.15) is 0 Å². The Labute approximate surface area is 203 Å². The Bertz CT molecular complexity index is 1160. The largest absolute Gasteiger partial charge is 0.482 e. The van der Waals surface area contributed by atoms with Crippen LogP contribution in [0.1, 0.15) is 49.0 Å². The molecule has 4 rings (SSSR count). The SMILES string of the molecule is CN/C=C1/C/C(C(N)Cl)=C(/NCC2CC2)c2cnc(N)c(c2)OC(C)c2cc(F)ccc2C1=N. The minimum atomic E-state index is -0.814. The lowest BCUT2D eigenvalue weighted by Gasteiger charge is -2.25. The number of nitrogens with two attached hydrogens (primary N) is 2. The first kappa shape index (κ1) is 24.0. The molecule has 1 aromatic heterocycles. The van der Waals surface area contributed by atoms with Gasteiger partial charge in [0.1, 0.15) is 17.4 Å². The fraction of sp³-hybridized carbons (Fsp3) is 0.360. The summed E-state index contributed by atoms with van der Waals surface area (Å²) in [7, 11) is 1.76. The van der Waals surface area contributed by atoms with E-state index in [9.17, 15) is 4.39 Å². The van der Waals surface area contributed by atoms with Gasteiger partial charge in [-0.05, 0) is 61.1 Å². The van der Waals surface area contributed by atoms with Crippen LogP contribution in [0.3, 0.4) is 0 Å². The van der Waals surface area contributed by atoms with Crippen LogP contribution >= 0.6 is 11.6 Å². The van der Waals surface area contributed by atoms with Crippen molar-refractivity contribution in [1.29, 1.82) is 5.41 Å². The predicted octanol–water partition coefficient (Wildman–Crippen LogP) is 4.05. The minimum Gasteiger partial charge on any atom is -0.482 e. The second-order valence-corrected chi connectivity index (χ2v) is 9.21. The fourth-order valence-corrected chi connectivity index (χ4v) is 4.28. The van der Waals surface area contributed by atoms with Crippen LogP contribution in [-0.2, 0) is 0 Å². The van der Waals surface area contributed by atoms with Crippen molar-refractivity contribution in [3.8, 4) is 5.75 Å². The first-order chi connectivity index (χ1) is 16.3. The van der Waals surface area contributed by atoms with Gasteiger partial charge >= 0.3 is 0 Å². The molecule has 7 nitrogen and oxygen atoms in total. The summed E-state index contributed by atoms with van der Waals surface area (Å²) in [6.07, 6.45) is 5.49. The zero-order valence-electron chi connectivity index (χ0n) is 19.3. The number of hydrogen-bond acceptors (Lipinski definition) is 7. The predicted molar refractivity (Wildman–Crippen MR) is 134 cm³/mol. The third-order valence-electron chi connectivity index (χ3n) is 6.13. The lowest BCUT2D eigenvalue weighted by molar-refractivity contribution is 0.227. The van der Waals surface area contributed by atoms with Crippen molar-refractivity contribution >= 4 is 28.8 Å². The molecular formula is C25H30ClFN6O.